The normalized spacial score (nSPS) is 40.5. The highest BCUT2D eigenvalue weighted by atomic mass is 16.5. The highest BCUT2D eigenvalue weighted by Crippen LogP contribution is 2.36. The molecule has 3 nitrogen and oxygen atoms in total. The Bertz CT molecular complexity index is 239. The van der Waals surface area contributed by atoms with Crippen molar-refractivity contribution in [1.82, 2.24) is 4.90 Å². The molecule has 2 rings (SSSR count). The lowest BCUT2D eigenvalue weighted by molar-refractivity contribution is -0.0267. The molecule has 0 aromatic rings. The largest absolute Gasteiger partial charge is 0.495 e. The van der Waals surface area contributed by atoms with Crippen LogP contribution >= 0.6 is 0 Å². The van der Waals surface area contributed by atoms with E-state index in [0.29, 0.717) is 0 Å². The van der Waals surface area contributed by atoms with Gasteiger partial charge in [0.25, 0.3) is 0 Å². The first kappa shape index (κ1) is 9.03. The summed E-state index contributed by atoms with van der Waals surface area (Å²) in [6.07, 6.45) is 3.34. The first-order valence-electron chi connectivity index (χ1n) is 4.86. The van der Waals surface area contributed by atoms with Crippen molar-refractivity contribution in [2.45, 2.75) is 31.4 Å². The summed E-state index contributed by atoms with van der Waals surface area (Å²) >= 11 is 0. The van der Waals surface area contributed by atoms with Crippen LogP contribution in [0.3, 0.4) is 0 Å². The first-order chi connectivity index (χ1) is 6.13. The number of aliphatic hydroxyl groups is 1. The smallest absolute Gasteiger partial charge is 0.112 e. The molecule has 0 aromatic heterocycles. The van der Waals surface area contributed by atoms with Crippen molar-refractivity contribution in [2.24, 2.45) is 0 Å². The molecule has 1 saturated heterocycles. The minimum Gasteiger partial charge on any atom is -0.495 e. The Morgan fingerprint density at radius 2 is 2.46 bits per heavy atom. The van der Waals surface area contributed by atoms with Gasteiger partial charge in [0.2, 0.25) is 0 Å². The molecule has 2 atom stereocenters. The molecule has 3 heteroatoms. The van der Waals surface area contributed by atoms with Crippen molar-refractivity contribution in [3.63, 3.8) is 0 Å². The zero-order valence-corrected chi connectivity index (χ0v) is 8.29. The molecule has 1 fully saturated rings. The van der Waals surface area contributed by atoms with Crippen molar-refractivity contribution in [2.75, 3.05) is 20.2 Å². The number of fused-ring (bicyclic) bond motifs is 1. The number of likely N-dealkylation sites (N-methyl/N-ethyl adjacent to an activating group) is 1. The van der Waals surface area contributed by atoms with Crippen LogP contribution in [-0.4, -0.2) is 41.8 Å². The van der Waals surface area contributed by atoms with Crippen LogP contribution in [-0.2, 0) is 4.74 Å². The summed E-state index contributed by atoms with van der Waals surface area (Å²) in [5, 5.41) is 9.60. The van der Waals surface area contributed by atoms with Crippen LogP contribution in [0.25, 0.3) is 0 Å². The Labute approximate surface area is 79.0 Å². The van der Waals surface area contributed by atoms with Gasteiger partial charge in [-0.3, -0.25) is 4.90 Å². The molecule has 0 amide bonds. The van der Waals surface area contributed by atoms with Crippen molar-refractivity contribution in [3.8, 4) is 0 Å². The van der Waals surface area contributed by atoms with Crippen LogP contribution in [0.1, 0.15) is 19.8 Å². The molecule has 1 aliphatic carbocycles. The average Bonchev–Trinajstić information content (AvgIpc) is 2.07. The zero-order valence-electron chi connectivity index (χ0n) is 8.29. The second kappa shape index (κ2) is 3.00. The monoisotopic (exact) mass is 183 g/mol. The molecule has 1 heterocycles. The van der Waals surface area contributed by atoms with Gasteiger partial charge in [0, 0.05) is 6.54 Å². The van der Waals surface area contributed by atoms with Crippen LogP contribution in [0.15, 0.2) is 11.8 Å². The van der Waals surface area contributed by atoms with Crippen LogP contribution in [0.4, 0.5) is 0 Å². The Hall–Kier alpha value is -0.540. The lowest BCUT2D eigenvalue weighted by atomic mass is 9.83. The van der Waals surface area contributed by atoms with Crippen molar-refractivity contribution >= 4 is 0 Å². The number of aliphatic hydroxyl groups excluding tert-OH is 1. The summed E-state index contributed by atoms with van der Waals surface area (Å²) in [7, 11) is 2.09. The Morgan fingerprint density at radius 1 is 1.69 bits per heavy atom. The number of hydrogen-bond donors (Lipinski definition) is 1. The number of nitrogens with zero attached hydrogens (tertiary/aromatic N) is 1. The molecule has 2 unspecified atom stereocenters. The zero-order chi connectivity index (χ0) is 9.47. The topological polar surface area (TPSA) is 32.7 Å². The molecule has 0 saturated carbocycles. The quantitative estimate of drug-likeness (QED) is 0.601. The van der Waals surface area contributed by atoms with Crippen LogP contribution in [0.2, 0.25) is 0 Å². The third kappa shape index (κ3) is 1.36. The maximum atomic E-state index is 9.60. The summed E-state index contributed by atoms with van der Waals surface area (Å²) in [4.78, 5) is 2.27. The molecule has 13 heavy (non-hydrogen) atoms. The third-order valence-corrected chi connectivity index (χ3v) is 3.27. The Kier molecular flexibility index (Phi) is 2.08. The van der Waals surface area contributed by atoms with Crippen molar-refractivity contribution in [1.29, 1.82) is 0 Å². The fourth-order valence-corrected chi connectivity index (χ4v) is 2.20. The first-order valence-corrected chi connectivity index (χ1v) is 4.86. The van der Waals surface area contributed by atoms with Gasteiger partial charge in [-0.15, -0.1) is 0 Å². The maximum Gasteiger partial charge on any atom is 0.112 e. The molecular formula is C10H17NO2. The lowest BCUT2D eigenvalue weighted by Gasteiger charge is -2.47. The molecule has 0 radical (unpaired) electrons. The third-order valence-electron chi connectivity index (χ3n) is 3.27. The Balaban J connectivity index is 2.28. The highest BCUT2D eigenvalue weighted by molar-refractivity contribution is 5.19. The van der Waals surface area contributed by atoms with E-state index in [-0.39, 0.29) is 11.6 Å². The van der Waals surface area contributed by atoms with Crippen molar-refractivity contribution in [3.05, 3.63) is 11.8 Å². The van der Waals surface area contributed by atoms with Gasteiger partial charge < -0.3 is 9.84 Å². The summed E-state index contributed by atoms with van der Waals surface area (Å²) in [5.74, 6) is 1.05. The number of hydrogen-bond acceptors (Lipinski definition) is 3. The predicted molar refractivity (Wildman–Crippen MR) is 50.3 cm³/mol. The van der Waals surface area contributed by atoms with E-state index < -0.39 is 0 Å². The molecule has 2 aliphatic rings. The molecule has 0 spiro atoms. The molecule has 0 bridgehead atoms. The summed E-state index contributed by atoms with van der Waals surface area (Å²) in [6.45, 7) is 3.86. The maximum absolute atomic E-state index is 9.60. The molecular weight excluding hydrogens is 166 g/mol. The van der Waals surface area contributed by atoms with Gasteiger partial charge in [0.1, 0.15) is 12.4 Å². The van der Waals surface area contributed by atoms with Crippen molar-refractivity contribution < 1.29 is 9.84 Å². The Morgan fingerprint density at radius 3 is 3.23 bits per heavy atom. The second-order valence-electron chi connectivity index (χ2n) is 4.21. The van der Waals surface area contributed by atoms with Gasteiger partial charge in [-0.25, -0.2) is 0 Å². The van der Waals surface area contributed by atoms with E-state index in [1.807, 2.05) is 6.08 Å². The number of morpholine rings is 1. The summed E-state index contributed by atoms with van der Waals surface area (Å²) in [6, 6.07) is 0. The van der Waals surface area contributed by atoms with E-state index in [0.717, 1.165) is 31.8 Å². The minimum absolute atomic E-state index is 0.0735. The van der Waals surface area contributed by atoms with Gasteiger partial charge >= 0.3 is 0 Å². The summed E-state index contributed by atoms with van der Waals surface area (Å²) < 4.78 is 5.61. The van der Waals surface area contributed by atoms with Gasteiger partial charge in [-0.1, -0.05) is 0 Å². The lowest BCUT2D eigenvalue weighted by Crippen LogP contribution is -2.54. The molecule has 74 valence electrons. The second-order valence-corrected chi connectivity index (χ2v) is 4.21. The fraction of sp³-hybridized carbons (Fsp3) is 0.800. The SMILES string of the molecule is CN1CCOC2=CCC(O)CC21C. The van der Waals surface area contributed by atoms with Gasteiger partial charge in [-0.05, 0) is 32.9 Å². The van der Waals surface area contributed by atoms with E-state index in [4.69, 9.17) is 4.74 Å². The van der Waals surface area contributed by atoms with Gasteiger partial charge in [-0.2, -0.15) is 0 Å². The molecule has 0 aromatic carbocycles. The molecule has 1 N–H and O–H groups in total. The summed E-state index contributed by atoms with van der Waals surface area (Å²) in [5.41, 5.74) is -0.0735. The average molecular weight is 183 g/mol. The van der Waals surface area contributed by atoms with E-state index in [1.54, 1.807) is 0 Å². The van der Waals surface area contributed by atoms with E-state index in [9.17, 15) is 5.11 Å². The van der Waals surface area contributed by atoms with Gasteiger partial charge in [0.15, 0.2) is 0 Å². The number of rotatable bonds is 0. The van der Waals surface area contributed by atoms with Crippen LogP contribution in [0.5, 0.6) is 0 Å². The van der Waals surface area contributed by atoms with Gasteiger partial charge in [0.05, 0.1) is 11.6 Å². The minimum atomic E-state index is -0.210. The van der Waals surface area contributed by atoms with E-state index >= 15 is 0 Å². The standard InChI is InChI=1S/C10H17NO2/c1-10-7-8(12)3-4-9(10)13-6-5-11(10)2/h4,8,12H,3,5-7H2,1-2H3. The predicted octanol–water partition coefficient (Wildman–Crippen LogP) is 0.746. The van der Waals surface area contributed by atoms with E-state index in [2.05, 4.69) is 18.9 Å². The fourth-order valence-electron chi connectivity index (χ4n) is 2.20. The molecule has 1 aliphatic heterocycles. The van der Waals surface area contributed by atoms with Crippen LogP contribution in [0, 0.1) is 0 Å². The van der Waals surface area contributed by atoms with E-state index in [1.165, 1.54) is 0 Å². The van der Waals surface area contributed by atoms with Crippen LogP contribution < -0.4 is 0 Å². The number of ether oxygens (including phenoxy) is 1. The highest BCUT2D eigenvalue weighted by Gasteiger charge is 2.41.